The highest BCUT2D eigenvalue weighted by atomic mass is 32.1. The van der Waals surface area contributed by atoms with Gasteiger partial charge in [0.2, 0.25) is 0 Å². The fourth-order valence-corrected chi connectivity index (χ4v) is 6.30. The van der Waals surface area contributed by atoms with Crippen LogP contribution in [0.25, 0.3) is 22.8 Å². The van der Waals surface area contributed by atoms with E-state index in [9.17, 15) is 18.0 Å². The Morgan fingerprint density at radius 3 is 2.35 bits per heavy atom. The average molecular weight is 649 g/mol. The minimum absolute atomic E-state index is 0.264. The molecule has 12 heteroatoms. The van der Waals surface area contributed by atoms with Crippen LogP contribution < -0.4 is 14.9 Å². The third-order valence-corrected chi connectivity index (χ3v) is 8.53. The van der Waals surface area contributed by atoms with Crippen molar-refractivity contribution in [1.29, 1.82) is 0 Å². The number of alkyl halides is 3. The van der Waals surface area contributed by atoms with Crippen LogP contribution in [0.2, 0.25) is 0 Å². The van der Waals surface area contributed by atoms with Crippen molar-refractivity contribution < 1.29 is 22.7 Å². The molecule has 0 bridgehead atoms. The smallest absolute Gasteiger partial charge is 0.406 e. The largest absolute Gasteiger partial charge is 0.573 e. The number of nitrogens with one attached hydrogen (secondary N) is 1. The molecule has 2 heterocycles. The van der Waals surface area contributed by atoms with Gasteiger partial charge in [0.25, 0.3) is 0 Å². The van der Waals surface area contributed by atoms with Gasteiger partial charge in [0.1, 0.15) is 12.1 Å². The normalized spacial score (nSPS) is 12.7. The van der Waals surface area contributed by atoms with Crippen molar-refractivity contribution >= 4 is 17.4 Å². The van der Waals surface area contributed by atoms with Gasteiger partial charge in [-0.1, -0.05) is 48.9 Å². The minimum atomic E-state index is -4.74. The van der Waals surface area contributed by atoms with Gasteiger partial charge in [-0.2, -0.15) is 4.99 Å². The summed E-state index contributed by atoms with van der Waals surface area (Å²) in [5, 5.41) is 9.41. The third kappa shape index (κ3) is 7.92. The number of amides is 2. The number of nitrogens with zero attached hydrogens (tertiary/aromatic N) is 5. The Kier molecular flexibility index (Phi) is 9.76. The van der Waals surface area contributed by atoms with E-state index in [0.717, 1.165) is 46.5 Å². The quantitative estimate of drug-likeness (QED) is 0.164. The molecule has 240 valence electrons. The lowest BCUT2D eigenvalue weighted by Gasteiger charge is -2.14. The summed E-state index contributed by atoms with van der Waals surface area (Å²) in [6.07, 6.45) is -1.56. The number of rotatable bonds is 9. The van der Waals surface area contributed by atoms with Gasteiger partial charge in [-0.3, -0.25) is 4.57 Å². The number of hydrogen-bond acceptors (Lipinski definition) is 5. The van der Waals surface area contributed by atoms with Gasteiger partial charge in [0.15, 0.2) is 10.6 Å². The van der Waals surface area contributed by atoms with Gasteiger partial charge in [-0.05, 0) is 87.4 Å². The van der Waals surface area contributed by atoms with Crippen LogP contribution in [0.15, 0.2) is 77.4 Å². The third-order valence-electron chi connectivity index (χ3n) is 7.59. The van der Waals surface area contributed by atoms with Gasteiger partial charge in [-0.25, -0.2) is 14.5 Å². The van der Waals surface area contributed by atoms with Crippen molar-refractivity contribution in [1.82, 2.24) is 24.6 Å². The highest BCUT2D eigenvalue weighted by Crippen LogP contribution is 2.26. The molecule has 2 amide bonds. The molecule has 0 aliphatic carbocycles. The Labute approximate surface area is 269 Å². The molecule has 0 saturated carbocycles. The second-order valence-corrected chi connectivity index (χ2v) is 12.1. The topological polar surface area (TPSA) is 86.3 Å². The van der Waals surface area contributed by atoms with E-state index in [0.29, 0.717) is 22.9 Å². The number of ether oxygens (including phenoxy) is 1. The minimum Gasteiger partial charge on any atom is -0.406 e. The second-order valence-electron chi connectivity index (χ2n) is 11.3. The van der Waals surface area contributed by atoms with E-state index in [-0.39, 0.29) is 17.7 Å². The van der Waals surface area contributed by atoms with Crippen LogP contribution in [0.1, 0.15) is 53.6 Å². The molecule has 0 fully saturated rings. The molecule has 2 aromatic heterocycles. The fraction of sp³-hybridized carbons (Fsp3) is 0.294. The van der Waals surface area contributed by atoms with Crippen LogP contribution in [0.5, 0.6) is 5.75 Å². The van der Waals surface area contributed by atoms with Crippen molar-refractivity contribution in [3.63, 3.8) is 0 Å². The van der Waals surface area contributed by atoms with E-state index in [1.165, 1.54) is 52.2 Å². The van der Waals surface area contributed by atoms with Gasteiger partial charge in [0, 0.05) is 23.2 Å². The number of urea groups is 1. The highest BCUT2D eigenvalue weighted by Gasteiger charge is 2.31. The van der Waals surface area contributed by atoms with Crippen molar-refractivity contribution in [2.24, 2.45) is 4.99 Å². The molecule has 0 saturated heterocycles. The summed E-state index contributed by atoms with van der Waals surface area (Å²) in [5.41, 5.74) is 8.10. The molecule has 1 N–H and O–H groups in total. The molecule has 0 radical (unpaired) electrons. The van der Waals surface area contributed by atoms with Crippen LogP contribution >= 0.6 is 11.3 Å². The summed E-state index contributed by atoms with van der Waals surface area (Å²) in [4.78, 5) is 22.1. The van der Waals surface area contributed by atoms with E-state index in [1.807, 2.05) is 36.6 Å². The predicted molar refractivity (Wildman–Crippen MR) is 173 cm³/mol. The van der Waals surface area contributed by atoms with Crippen LogP contribution in [-0.4, -0.2) is 38.3 Å². The van der Waals surface area contributed by atoms with Crippen molar-refractivity contribution in [3.8, 4) is 28.5 Å². The zero-order valence-corrected chi connectivity index (χ0v) is 27.0. The van der Waals surface area contributed by atoms with Crippen LogP contribution in [0.4, 0.5) is 18.0 Å². The molecule has 1 unspecified atom stereocenters. The molecule has 0 aliphatic rings. The van der Waals surface area contributed by atoms with E-state index < -0.39 is 6.36 Å². The number of hydrogen-bond donors (Lipinski definition) is 1. The van der Waals surface area contributed by atoms with E-state index in [1.54, 1.807) is 0 Å². The Bertz CT molecular complexity index is 1870. The Hall–Kier alpha value is -4.71. The summed E-state index contributed by atoms with van der Waals surface area (Å²) in [6, 6.07) is 17.3. The van der Waals surface area contributed by atoms with Gasteiger partial charge in [-0.15, -0.1) is 29.6 Å². The number of halogens is 3. The maximum atomic E-state index is 12.7. The van der Waals surface area contributed by atoms with Crippen molar-refractivity contribution in [2.75, 3.05) is 6.54 Å². The molecule has 1 atom stereocenters. The van der Waals surface area contributed by atoms with Gasteiger partial charge in [0.05, 0.1) is 11.4 Å². The Morgan fingerprint density at radius 1 is 1.02 bits per heavy atom. The molecule has 5 aromatic rings. The van der Waals surface area contributed by atoms with E-state index in [4.69, 9.17) is 0 Å². The number of carbonyl (C=O) groups excluding carboxylic acids is 1. The number of benzene rings is 3. The molecule has 5 rings (SSSR count). The maximum absolute atomic E-state index is 12.7. The second kappa shape index (κ2) is 13.7. The fourth-order valence-electron chi connectivity index (χ4n) is 5.45. The first kappa shape index (κ1) is 32.7. The first-order chi connectivity index (χ1) is 21.9. The molecule has 0 spiro atoms. The highest BCUT2D eigenvalue weighted by molar-refractivity contribution is 7.07. The first-order valence-electron chi connectivity index (χ1n) is 14.8. The standard InChI is InChI=1S/C34H35F3N6O2S/c1-21-17-23(3)30(24(4)18-21)43-25(5)19-46-33(43)40-32(44)38-16-6-7-22(2)26-8-10-27(11-9-26)31-39-20-42(41-31)28-12-14-29(15-13-28)45-34(35,36)37/h8-15,17-20,22H,6-7,16H2,1-5H3,(H,38,44). The number of aryl methyl sites for hydroxylation is 4. The maximum Gasteiger partial charge on any atom is 0.573 e. The molecule has 46 heavy (non-hydrogen) atoms. The van der Waals surface area contributed by atoms with E-state index in [2.05, 4.69) is 69.5 Å². The number of aromatic nitrogens is 4. The summed E-state index contributed by atoms with van der Waals surface area (Å²) in [6.45, 7) is 10.9. The van der Waals surface area contributed by atoms with E-state index >= 15 is 0 Å². The number of thiazole rings is 1. The van der Waals surface area contributed by atoms with Gasteiger partial charge >= 0.3 is 12.4 Å². The molecule has 0 aliphatic heterocycles. The van der Waals surface area contributed by atoms with Crippen molar-refractivity contribution in [2.45, 2.75) is 59.7 Å². The predicted octanol–water partition coefficient (Wildman–Crippen LogP) is 8.11. The Morgan fingerprint density at radius 2 is 1.70 bits per heavy atom. The SMILES string of the molecule is Cc1cc(C)c(-n2c(C)csc2=NC(=O)NCCCC(C)c2ccc(-c3ncn(-c4ccc(OC(F)(F)F)cc4)n3)cc2)c(C)c1. The van der Waals surface area contributed by atoms with Gasteiger partial charge < -0.3 is 10.1 Å². The molecular formula is C34H35F3N6O2S. The molecular weight excluding hydrogens is 613 g/mol. The number of carbonyl (C=O) groups is 1. The van der Waals surface area contributed by atoms with Crippen LogP contribution in [0, 0.1) is 27.7 Å². The zero-order valence-electron chi connectivity index (χ0n) is 26.2. The van der Waals surface area contributed by atoms with Crippen LogP contribution in [0.3, 0.4) is 0 Å². The summed E-state index contributed by atoms with van der Waals surface area (Å²) >= 11 is 1.45. The monoisotopic (exact) mass is 648 g/mol. The van der Waals surface area contributed by atoms with Crippen LogP contribution in [-0.2, 0) is 0 Å². The zero-order chi connectivity index (χ0) is 33.0. The average Bonchev–Trinajstić information content (AvgIpc) is 3.62. The lowest BCUT2D eigenvalue weighted by molar-refractivity contribution is -0.274. The van der Waals surface area contributed by atoms with Crippen molar-refractivity contribution in [3.05, 3.63) is 105 Å². The summed E-state index contributed by atoms with van der Waals surface area (Å²) in [5.74, 6) is 0.459. The molecule has 8 nitrogen and oxygen atoms in total. The molecule has 3 aromatic carbocycles. The first-order valence-corrected chi connectivity index (χ1v) is 15.7. The Balaban J connectivity index is 1.14. The lowest BCUT2D eigenvalue weighted by atomic mass is 9.95. The summed E-state index contributed by atoms with van der Waals surface area (Å²) in [7, 11) is 0. The summed E-state index contributed by atoms with van der Waals surface area (Å²) < 4.78 is 44.7. The lowest BCUT2D eigenvalue weighted by Crippen LogP contribution is -2.26.